The highest BCUT2D eigenvalue weighted by Gasteiger charge is 1.95. The Hall–Kier alpha value is -0.570. The molecule has 0 aliphatic carbocycles. The van der Waals surface area contributed by atoms with Crippen LogP contribution in [0.5, 0.6) is 0 Å². The van der Waals surface area contributed by atoms with Crippen molar-refractivity contribution in [3.05, 3.63) is 22.9 Å². The van der Waals surface area contributed by atoms with Gasteiger partial charge in [-0.1, -0.05) is 13.3 Å². The van der Waals surface area contributed by atoms with Gasteiger partial charge in [0.05, 0.1) is 10.2 Å². The molecule has 2 nitrogen and oxygen atoms in total. The second-order valence-corrected chi connectivity index (χ2v) is 3.49. The molecule has 0 bridgehead atoms. The van der Waals surface area contributed by atoms with Gasteiger partial charge in [0.2, 0.25) is 0 Å². The van der Waals surface area contributed by atoms with Crippen molar-refractivity contribution in [1.82, 2.24) is 4.98 Å². The van der Waals surface area contributed by atoms with E-state index in [4.69, 9.17) is 0 Å². The van der Waals surface area contributed by atoms with Gasteiger partial charge in [-0.05, 0) is 28.4 Å². The molecule has 0 aromatic carbocycles. The Bertz CT molecular complexity index is 238. The van der Waals surface area contributed by atoms with Crippen LogP contribution in [0.15, 0.2) is 22.9 Å². The van der Waals surface area contributed by atoms with Gasteiger partial charge < -0.3 is 5.32 Å². The van der Waals surface area contributed by atoms with Crippen LogP contribution >= 0.6 is 15.9 Å². The van der Waals surface area contributed by atoms with Crippen molar-refractivity contribution in [2.24, 2.45) is 0 Å². The predicted molar refractivity (Wildman–Crippen MR) is 55.3 cm³/mol. The Morgan fingerprint density at radius 2 is 2.42 bits per heavy atom. The Labute approximate surface area is 81.5 Å². The number of nitrogens with zero attached hydrogens (tertiary/aromatic N) is 1. The van der Waals surface area contributed by atoms with Crippen LogP contribution in [-0.4, -0.2) is 11.5 Å². The first-order valence-corrected chi connectivity index (χ1v) is 4.97. The van der Waals surface area contributed by atoms with Crippen molar-refractivity contribution in [2.45, 2.75) is 19.8 Å². The van der Waals surface area contributed by atoms with Crippen molar-refractivity contribution in [1.29, 1.82) is 0 Å². The van der Waals surface area contributed by atoms with Gasteiger partial charge in [-0.15, -0.1) is 0 Å². The fraction of sp³-hybridized carbons (Fsp3) is 0.444. The molecule has 1 heterocycles. The maximum atomic E-state index is 3.99. The van der Waals surface area contributed by atoms with Crippen LogP contribution in [0.3, 0.4) is 0 Å². The summed E-state index contributed by atoms with van der Waals surface area (Å²) < 4.78 is 1.03. The van der Waals surface area contributed by atoms with Crippen LogP contribution in [0.4, 0.5) is 5.69 Å². The fourth-order valence-corrected chi connectivity index (χ4v) is 1.31. The molecule has 0 amide bonds. The molecule has 0 fully saturated rings. The highest BCUT2D eigenvalue weighted by atomic mass is 79.9. The molecule has 1 aromatic rings. The number of halogens is 1. The summed E-state index contributed by atoms with van der Waals surface area (Å²) in [5.41, 5.74) is 1.12. The second-order valence-electron chi connectivity index (χ2n) is 2.64. The average molecular weight is 229 g/mol. The Morgan fingerprint density at radius 3 is 3.08 bits per heavy atom. The highest BCUT2D eigenvalue weighted by molar-refractivity contribution is 9.10. The van der Waals surface area contributed by atoms with Gasteiger partial charge in [-0.2, -0.15) is 0 Å². The third-order valence-electron chi connectivity index (χ3n) is 1.62. The first kappa shape index (κ1) is 9.52. The number of anilines is 1. The van der Waals surface area contributed by atoms with E-state index in [1.807, 2.05) is 6.07 Å². The molecule has 1 N–H and O–H groups in total. The van der Waals surface area contributed by atoms with E-state index in [2.05, 4.69) is 33.2 Å². The molecule has 0 aliphatic heterocycles. The monoisotopic (exact) mass is 228 g/mol. The normalized spacial score (nSPS) is 9.83. The Kier molecular flexibility index (Phi) is 4.08. The zero-order chi connectivity index (χ0) is 8.81. The lowest BCUT2D eigenvalue weighted by Crippen LogP contribution is -2.01. The minimum atomic E-state index is 1.03. The van der Waals surface area contributed by atoms with E-state index in [-0.39, 0.29) is 0 Å². The topological polar surface area (TPSA) is 24.9 Å². The van der Waals surface area contributed by atoms with E-state index in [0.717, 1.165) is 16.7 Å². The molecule has 3 heteroatoms. The molecule has 1 rings (SSSR count). The zero-order valence-electron chi connectivity index (χ0n) is 7.18. The molecule has 0 unspecified atom stereocenters. The summed E-state index contributed by atoms with van der Waals surface area (Å²) in [6.45, 7) is 3.21. The largest absolute Gasteiger partial charge is 0.384 e. The summed E-state index contributed by atoms with van der Waals surface area (Å²) >= 11 is 3.42. The first-order chi connectivity index (χ1) is 5.84. The van der Waals surface area contributed by atoms with E-state index in [0.29, 0.717) is 0 Å². The molecule has 66 valence electrons. The molecule has 0 saturated carbocycles. The molecular weight excluding hydrogens is 216 g/mol. The fourth-order valence-electron chi connectivity index (χ4n) is 0.918. The number of rotatable bonds is 4. The summed E-state index contributed by atoms with van der Waals surface area (Å²) in [7, 11) is 0. The lowest BCUT2D eigenvalue weighted by Gasteiger charge is -2.06. The van der Waals surface area contributed by atoms with E-state index in [9.17, 15) is 0 Å². The van der Waals surface area contributed by atoms with Gasteiger partial charge in [0.25, 0.3) is 0 Å². The number of aromatic nitrogens is 1. The first-order valence-electron chi connectivity index (χ1n) is 4.18. The summed E-state index contributed by atoms with van der Waals surface area (Å²) in [4.78, 5) is 3.99. The minimum Gasteiger partial charge on any atom is -0.384 e. The van der Waals surface area contributed by atoms with Gasteiger partial charge in [-0.3, -0.25) is 4.98 Å². The summed E-state index contributed by atoms with van der Waals surface area (Å²) in [5.74, 6) is 0. The van der Waals surface area contributed by atoms with E-state index in [1.165, 1.54) is 12.8 Å². The molecule has 0 spiro atoms. The summed E-state index contributed by atoms with van der Waals surface area (Å²) in [6.07, 6.45) is 6.01. The van der Waals surface area contributed by atoms with Gasteiger partial charge in [0.1, 0.15) is 0 Å². The van der Waals surface area contributed by atoms with Crippen LogP contribution in [0.2, 0.25) is 0 Å². The molecule has 0 aliphatic rings. The van der Waals surface area contributed by atoms with Crippen LogP contribution in [0.1, 0.15) is 19.8 Å². The van der Waals surface area contributed by atoms with E-state index in [1.54, 1.807) is 12.4 Å². The lowest BCUT2D eigenvalue weighted by atomic mass is 10.3. The van der Waals surface area contributed by atoms with Crippen LogP contribution in [0, 0.1) is 0 Å². The van der Waals surface area contributed by atoms with Crippen molar-refractivity contribution in [2.75, 3.05) is 11.9 Å². The standard InChI is InChI=1S/C9H13BrN2/c1-2-3-5-12-9-4-6-11-7-8(9)10/h4,6-7H,2-3,5H2,1H3,(H,11,12). The highest BCUT2D eigenvalue weighted by Crippen LogP contribution is 2.19. The van der Waals surface area contributed by atoms with Gasteiger partial charge >= 0.3 is 0 Å². The SMILES string of the molecule is CCCCNc1ccncc1Br. The number of nitrogens with one attached hydrogen (secondary N) is 1. The van der Waals surface area contributed by atoms with Crippen LogP contribution in [-0.2, 0) is 0 Å². The quantitative estimate of drug-likeness (QED) is 0.802. The van der Waals surface area contributed by atoms with E-state index >= 15 is 0 Å². The predicted octanol–water partition coefficient (Wildman–Crippen LogP) is 3.06. The van der Waals surface area contributed by atoms with Gasteiger partial charge in [-0.25, -0.2) is 0 Å². The van der Waals surface area contributed by atoms with Gasteiger partial charge in [0, 0.05) is 18.9 Å². The molecule has 0 radical (unpaired) electrons. The smallest absolute Gasteiger partial charge is 0.0590 e. The zero-order valence-corrected chi connectivity index (χ0v) is 8.76. The van der Waals surface area contributed by atoms with Crippen LogP contribution in [0.25, 0.3) is 0 Å². The third kappa shape index (κ3) is 2.81. The molecule has 0 atom stereocenters. The van der Waals surface area contributed by atoms with Crippen molar-refractivity contribution in [3.63, 3.8) is 0 Å². The lowest BCUT2D eigenvalue weighted by molar-refractivity contribution is 0.833. The second kappa shape index (κ2) is 5.14. The number of unbranched alkanes of at least 4 members (excludes halogenated alkanes) is 1. The van der Waals surface area contributed by atoms with Crippen molar-refractivity contribution in [3.8, 4) is 0 Å². The number of pyridine rings is 1. The Morgan fingerprint density at radius 1 is 1.58 bits per heavy atom. The number of hydrogen-bond acceptors (Lipinski definition) is 2. The molecule has 0 saturated heterocycles. The summed E-state index contributed by atoms with van der Waals surface area (Å²) in [6, 6.07) is 1.97. The number of hydrogen-bond donors (Lipinski definition) is 1. The summed E-state index contributed by atoms with van der Waals surface area (Å²) in [5, 5.41) is 3.33. The minimum absolute atomic E-state index is 1.03. The van der Waals surface area contributed by atoms with Crippen LogP contribution < -0.4 is 5.32 Å². The maximum Gasteiger partial charge on any atom is 0.0590 e. The molecule has 12 heavy (non-hydrogen) atoms. The average Bonchev–Trinajstić information content (AvgIpc) is 2.09. The maximum absolute atomic E-state index is 3.99. The van der Waals surface area contributed by atoms with Crippen molar-refractivity contribution >= 4 is 21.6 Å². The van der Waals surface area contributed by atoms with E-state index < -0.39 is 0 Å². The van der Waals surface area contributed by atoms with Gasteiger partial charge in [0.15, 0.2) is 0 Å². The molecular formula is C9H13BrN2. The third-order valence-corrected chi connectivity index (χ3v) is 2.25. The Balaban J connectivity index is 2.46. The van der Waals surface area contributed by atoms with Crippen molar-refractivity contribution < 1.29 is 0 Å². The molecule has 1 aromatic heterocycles.